The fraction of sp³-hybridized carbons (Fsp3) is 0. The fourth-order valence-corrected chi connectivity index (χ4v) is 6.20. The van der Waals surface area contributed by atoms with Crippen LogP contribution < -0.4 is 0 Å². The number of fused-ring (bicyclic) bond motifs is 5. The summed E-state index contributed by atoms with van der Waals surface area (Å²) in [7, 11) is 0. The molecular weight excluding hydrogens is 576 g/mol. The minimum absolute atomic E-state index is 0.629. The highest BCUT2D eigenvalue weighted by Gasteiger charge is 2.18. The molecule has 220 valence electrons. The van der Waals surface area contributed by atoms with Gasteiger partial charge in [0, 0.05) is 33.0 Å². The Balaban J connectivity index is 1.15. The van der Waals surface area contributed by atoms with Crippen LogP contribution in [-0.4, -0.2) is 19.9 Å². The third-order valence-electron chi connectivity index (χ3n) is 8.53. The van der Waals surface area contributed by atoms with Crippen LogP contribution in [0.25, 0.3) is 89.4 Å². The van der Waals surface area contributed by atoms with Gasteiger partial charge in [-0.25, -0.2) is 19.9 Å². The normalized spacial score (nSPS) is 11.4. The average Bonchev–Trinajstić information content (AvgIpc) is 3.55. The minimum Gasteiger partial charge on any atom is -0.455 e. The van der Waals surface area contributed by atoms with Crippen LogP contribution in [0.2, 0.25) is 0 Å². The van der Waals surface area contributed by atoms with Crippen LogP contribution in [0.3, 0.4) is 0 Å². The van der Waals surface area contributed by atoms with Crippen molar-refractivity contribution in [3.8, 4) is 56.5 Å². The van der Waals surface area contributed by atoms with Crippen molar-refractivity contribution in [3.63, 3.8) is 0 Å². The lowest BCUT2D eigenvalue weighted by Gasteiger charge is -2.10. The molecule has 6 aromatic carbocycles. The summed E-state index contributed by atoms with van der Waals surface area (Å²) in [6.45, 7) is 0. The van der Waals surface area contributed by atoms with Crippen LogP contribution in [-0.2, 0) is 0 Å². The summed E-state index contributed by atoms with van der Waals surface area (Å²) in [5.41, 5.74) is 9.55. The molecule has 0 saturated heterocycles. The zero-order valence-corrected chi connectivity index (χ0v) is 25.2. The maximum absolute atomic E-state index is 6.53. The molecule has 0 bridgehead atoms. The second-order valence-corrected chi connectivity index (χ2v) is 11.5. The van der Waals surface area contributed by atoms with E-state index in [-0.39, 0.29) is 0 Å². The average molecular weight is 603 g/mol. The Bertz CT molecular complexity index is 2490. The minimum atomic E-state index is 0.629. The van der Waals surface area contributed by atoms with E-state index in [2.05, 4.69) is 60.7 Å². The van der Waals surface area contributed by atoms with Crippen LogP contribution in [0.1, 0.15) is 0 Å². The molecule has 5 heteroatoms. The molecule has 3 aromatic heterocycles. The molecule has 0 spiro atoms. The SMILES string of the molecule is c1ccc(-c2nc(-c3ccccc3)nc(-c3ccc(-c4ccc5nc(-c6ccccc6)c6c7ccccc7oc6c5c4)cc3)n2)cc1. The topological polar surface area (TPSA) is 64.7 Å². The van der Waals surface area contributed by atoms with Gasteiger partial charge < -0.3 is 4.42 Å². The third kappa shape index (κ3) is 4.82. The summed E-state index contributed by atoms with van der Waals surface area (Å²) in [6, 6.07) is 53.3. The van der Waals surface area contributed by atoms with Gasteiger partial charge in [-0.1, -0.05) is 140 Å². The lowest BCUT2D eigenvalue weighted by molar-refractivity contribution is 0.672. The Morgan fingerprint density at radius 1 is 0.362 bits per heavy atom. The first-order chi connectivity index (χ1) is 23.3. The van der Waals surface area contributed by atoms with Crippen LogP contribution >= 0.6 is 0 Å². The predicted octanol–water partition coefficient (Wildman–Crippen LogP) is 10.7. The van der Waals surface area contributed by atoms with E-state index >= 15 is 0 Å². The zero-order valence-electron chi connectivity index (χ0n) is 25.2. The molecule has 0 radical (unpaired) electrons. The second-order valence-electron chi connectivity index (χ2n) is 11.5. The number of para-hydroxylation sites is 1. The van der Waals surface area contributed by atoms with E-state index in [1.807, 2.05) is 97.1 Å². The molecule has 5 nitrogen and oxygen atoms in total. The molecule has 0 unspecified atom stereocenters. The van der Waals surface area contributed by atoms with Crippen molar-refractivity contribution < 1.29 is 4.42 Å². The number of hydrogen-bond donors (Lipinski definition) is 0. The van der Waals surface area contributed by atoms with E-state index in [0.717, 1.165) is 71.9 Å². The summed E-state index contributed by atoms with van der Waals surface area (Å²) >= 11 is 0. The maximum Gasteiger partial charge on any atom is 0.164 e. The lowest BCUT2D eigenvalue weighted by Crippen LogP contribution is -2.00. The Morgan fingerprint density at radius 3 is 1.47 bits per heavy atom. The highest BCUT2D eigenvalue weighted by molar-refractivity contribution is 6.19. The molecule has 3 heterocycles. The van der Waals surface area contributed by atoms with E-state index in [0.29, 0.717) is 17.5 Å². The predicted molar refractivity (Wildman–Crippen MR) is 190 cm³/mol. The van der Waals surface area contributed by atoms with Gasteiger partial charge in [0.25, 0.3) is 0 Å². The van der Waals surface area contributed by atoms with Gasteiger partial charge in [0.05, 0.1) is 16.6 Å². The molecular formula is C42H26N4O. The first-order valence-electron chi connectivity index (χ1n) is 15.6. The largest absolute Gasteiger partial charge is 0.455 e. The first kappa shape index (κ1) is 26.9. The Hall–Kier alpha value is -6.46. The third-order valence-corrected chi connectivity index (χ3v) is 8.53. The van der Waals surface area contributed by atoms with Crippen molar-refractivity contribution in [3.05, 3.63) is 158 Å². The smallest absolute Gasteiger partial charge is 0.164 e. The quantitative estimate of drug-likeness (QED) is 0.196. The summed E-state index contributed by atoms with van der Waals surface area (Å²) in [5.74, 6) is 1.92. The van der Waals surface area contributed by atoms with Gasteiger partial charge in [-0.3, -0.25) is 0 Å². The highest BCUT2D eigenvalue weighted by Crippen LogP contribution is 2.40. The van der Waals surface area contributed by atoms with Crippen molar-refractivity contribution in [1.82, 2.24) is 19.9 Å². The van der Waals surface area contributed by atoms with Crippen molar-refractivity contribution >= 4 is 32.8 Å². The number of hydrogen-bond acceptors (Lipinski definition) is 5. The molecule has 0 amide bonds. The summed E-state index contributed by atoms with van der Waals surface area (Å²) in [6.07, 6.45) is 0. The van der Waals surface area contributed by atoms with Crippen LogP contribution in [0.4, 0.5) is 0 Å². The number of furan rings is 1. The number of nitrogens with zero attached hydrogens (tertiary/aromatic N) is 4. The van der Waals surface area contributed by atoms with Gasteiger partial charge in [-0.05, 0) is 29.3 Å². The molecule has 9 rings (SSSR count). The molecule has 0 aliphatic carbocycles. The van der Waals surface area contributed by atoms with E-state index in [1.54, 1.807) is 0 Å². The molecule has 0 saturated carbocycles. The molecule has 9 aromatic rings. The molecule has 0 aliphatic heterocycles. The fourth-order valence-electron chi connectivity index (χ4n) is 6.20. The van der Waals surface area contributed by atoms with Gasteiger partial charge in [0.2, 0.25) is 0 Å². The van der Waals surface area contributed by atoms with Gasteiger partial charge in [-0.2, -0.15) is 0 Å². The van der Waals surface area contributed by atoms with Gasteiger partial charge in [0.15, 0.2) is 17.5 Å². The molecule has 0 atom stereocenters. The summed E-state index contributed by atoms with van der Waals surface area (Å²) in [5, 5.41) is 3.08. The Morgan fingerprint density at radius 2 is 0.851 bits per heavy atom. The number of benzene rings is 6. The standard InChI is InChI=1S/C42H26N4O/c1-4-12-28(13-5-1)38-37-33-18-10-11-19-36(33)47-39(37)34-26-32(24-25-35(34)43-38)27-20-22-31(23-21-27)42-45-40(29-14-6-2-7-15-29)44-41(46-42)30-16-8-3-9-17-30/h1-26H. The maximum atomic E-state index is 6.53. The van der Waals surface area contributed by atoms with Gasteiger partial charge in [0.1, 0.15) is 11.2 Å². The Labute approximate surface area is 270 Å². The number of pyridine rings is 1. The summed E-state index contributed by atoms with van der Waals surface area (Å²) in [4.78, 5) is 19.8. The molecule has 0 aliphatic rings. The van der Waals surface area contributed by atoms with E-state index in [4.69, 9.17) is 24.4 Å². The van der Waals surface area contributed by atoms with Crippen molar-refractivity contribution in [2.75, 3.05) is 0 Å². The highest BCUT2D eigenvalue weighted by atomic mass is 16.3. The monoisotopic (exact) mass is 602 g/mol. The van der Waals surface area contributed by atoms with Crippen molar-refractivity contribution in [2.45, 2.75) is 0 Å². The molecule has 47 heavy (non-hydrogen) atoms. The van der Waals surface area contributed by atoms with Crippen LogP contribution in [0, 0.1) is 0 Å². The number of rotatable bonds is 5. The van der Waals surface area contributed by atoms with E-state index < -0.39 is 0 Å². The lowest BCUT2D eigenvalue weighted by atomic mass is 9.99. The van der Waals surface area contributed by atoms with Gasteiger partial charge >= 0.3 is 0 Å². The van der Waals surface area contributed by atoms with Gasteiger partial charge in [-0.15, -0.1) is 0 Å². The first-order valence-corrected chi connectivity index (χ1v) is 15.6. The van der Waals surface area contributed by atoms with Crippen LogP contribution in [0.5, 0.6) is 0 Å². The van der Waals surface area contributed by atoms with Crippen LogP contribution in [0.15, 0.2) is 162 Å². The molecule has 0 N–H and O–H groups in total. The summed E-state index contributed by atoms with van der Waals surface area (Å²) < 4.78 is 6.53. The van der Waals surface area contributed by atoms with E-state index in [9.17, 15) is 0 Å². The zero-order chi connectivity index (χ0) is 31.2. The van der Waals surface area contributed by atoms with Crippen molar-refractivity contribution in [2.24, 2.45) is 0 Å². The second kappa shape index (κ2) is 11.2. The van der Waals surface area contributed by atoms with Crippen molar-refractivity contribution in [1.29, 1.82) is 0 Å². The molecule has 0 fully saturated rings. The van der Waals surface area contributed by atoms with E-state index in [1.165, 1.54) is 0 Å². The Kier molecular flexibility index (Phi) is 6.39. The number of aromatic nitrogens is 4.